The summed E-state index contributed by atoms with van der Waals surface area (Å²) in [6, 6.07) is -2.89. The lowest BCUT2D eigenvalue weighted by atomic mass is 9.94. The molecular weight excluding hydrogens is 400 g/mol. The lowest BCUT2D eigenvalue weighted by Crippen LogP contribution is -2.69. The molecule has 10 unspecified atom stereocenters. The van der Waals surface area contributed by atoms with Crippen LogP contribution in [0.15, 0.2) is 0 Å². The fourth-order valence-electron chi connectivity index (χ4n) is 3.29. The molecule has 29 heavy (non-hydrogen) atoms. The quantitative estimate of drug-likeness (QED) is 0.194. The van der Waals surface area contributed by atoms with Crippen LogP contribution in [0.3, 0.4) is 0 Å². The maximum absolute atomic E-state index is 11.3. The van der Waals surface area contributed by atoms with Gasteiger partial charge in [0.25, 0.3) is 0 Å². The first-order chi connectivity index (χ1) is 13.6. The molecule has 0 aromatic heterocycles. The Balaban J connectivity index is 2.26. The topological polar surface area (TPSA) is 227 Å². The van der Waals surface area contributed by atoms with E-state index in [4.69, 9.17) is 19.3 Å². The SMILES string of the molecule is CC(=O)NC1C(O)OC(CO)C(OC2OC(CO)C(O)C(O)C2NC(=O)O)C1O. The van der Waals surface area contributed by atoms with Gasteiger partial charge in [0.15, 0.2) is 12.6 Å². The minimum atomic E-state index is -1.74. The van der Waals surface area contributed by atoms with Crippen molar-refractivity contribution < 1.29 is 59.5 Å². The van der Waals surface area contributed by atoms with Gasteiger partial charge in [0.1, 0.15) is 48.7 Å². The monoisotopic (exact) mass is 426 g/mol. The second-order valence-electron chi connectivity index (χ2n) is 6.75. The molecule has 10 atom stereocenters. The summed E-state index contributed by atoms with van der Waals surface area (Å²) in [4.78, 5) is 22.4. The van der Waals surface area contributed by atoms with E-state index in [0.29, 0.717) is 0 Å². The van der Waals surface area contributed by atoms with Crippen molar-refractivity contribution in [1.82, 2.24) is 10.6 Å². The van der Waals surface area contributed by atoms with Crippen molar-refractivity contribution in [3.63, 3.8) is 0 Å². The summed E-state index contributed by atoms with van der Waals surface area (Å²) in [6.07, 6.45) is -14.0. The van der Waals surface area contributed by atoms with Crippen molar-refractivity contribution in [3.8, 4) is 0 Å². The largest absolute Gasteiger partial charge is 0.465 e. The average molecular weight is 426 g/mol. The fourth-order valence-corrected chi connectivity index (χ4v) is 3.29. The van der Waals surface area contributed by atoms with Crippen LogP contribution < -0.4 is 10.6 Å². The van der Waals surface area contributed by atoms with Crippen LogP contribution in [-0.4, -0.2) is 122 Å². The molecule has 0 aliphatic carbocycles. The minimum absolute atomic E-state index is 0.601. The third kappa shape index (κ3) is 5.30. The van der Waals surface area contributed by atoms with E-state index in [1.165, 1.54) is 0 Å². The molecule has 0 radical (unpaired) electrons. The number of hydrogen-bond acceptors (Lipinski definition) is 11. The van der Waals surface area contributed by atoms with Crippen molar-refractivity contribution in [2.45, 2.75) is 68.2 Å². The van der Waals surface area contributed by atoms with Crippen LogP contribution >= 0.6 is 0 Å². The molecule has 2 aliphatic rings. The zero-order chi connectivity index (χ0) is 21.9. The van der Waals surface area contributed by atoms with Crippen LogP contribution in [0.25, 0.3) is 0 Å². The van der Waals surface area contributed by atoms with Crippen LogP contribution in [0.1, 0.15) is 6.92 Å². The molecule has 2 rings (SSSR count). The van der Waals surface area contributed by atoms with Gasteiger partial charge in [-0.15, -0.1) is 0 Å². The molecule has 2 heterocycles. The zero-order valence-electron chi connectivity index (χ0n) is 15.4. The van der Waals surface area contributed by atoms with E-state index in [-0.39, 0.29) is 0 Å². The number of aliphatic hydroxyl groups is 6. The van der Waals surface area contributed by atoms with Crippen molar-refractivity contribution in [2.75, 3.05) is 13.2 Å². The first-order valence-corrected chi connectivity index (χ1v) is 8.77. The highest BCUT2D eigenvalue weighted by atomic mass is 16.7. The van der Waals surface area contributed by atoms with Gasteiger partial charge in [-0.25, -0.2) is 4.79 Å². The van der Waals surface area contributed by atoms with Gasteiger partial charge in [0, 0.05) is 6.92 Å². The van der Waals surface area contributed by atoms with Gasteiger partial charge in [-0.3, -0.25) is 4.79 Å². The van der Waals surface area contributed by atoms with Crippen molar-refractivity contribution in [1.29, 1.82) is 0 Å². The van der Waals surface area contributed by atoms with Crippen molar-refractivity contribution in [3.05, 3.63) is 0 Å². The van der Waals surface area contributed by atoms with Crippen LogP contribution in [0, 0.1) is 0 Å². The second kappa shape index (κ2) is 9.92. The maximum atomic E-state index is 11.3. The summed E-state index contributed by atoms with van der Waals surface area (Å²) in [5.74, 6) is -0.601. The predicted octanol–water partition coefficient (Wildman–Crippen LogP) is -4.98. The Hall–Kier alpha value is -1.62. The molecule has 2 aliphatic heterocycles. The van der Waals surface area contributed by atoms with Crippen LogP contribution in [0.2, 0.25) is 0 Å². The number of rotatable bonds is 6. The van der Waals surface area contributed by atoms with Gasteiger partial charge in [-0.1, -0.05) is 0 Å². The van der Waals surface area contributed by atoms with E-state index >= 15 is 0 Å². The van der Waals surface area contributed by atoms with Gasteiger partial charge in [-0.05, 0) is 0 Å². The molecule has 9 N–H and O–H groups in total. The Labute approximate surface area is 164 Å². The minimum Gasteiger partial charge on any atom is -0.465 e. The predicted molar refractivity (Wildman–Crippen MR) is 89.2 cm³/mol. The zero-order valence-corrected chi connectivity index (χ0v) is 15.4. The number of ether oxygens (including phenoxy) is 3. The van der Waals surface area contributed by atoms with E-state index in [1.807, 2.05) is 5.32 Å². The molecule has 0 aromatic rings. The van der Waals surface area contributed by atoms with E-state index < -0.39 is 86.5 Å². The molecule has 14 heteroatoms. The van der Waals surface area contributed by atoms with E-state index in [9.17, 15) is 40.2 Å². The molecule has 14 nitrogen and oxygen atoms in total. The van der Waals surface area contributed by atoms with Gasteiger partial charge >= 0.3 is 6.09 Å². The van der Waals surface area contributed by atoms with Crippen LogP contribution in [-0.2, 0) is 19.0 Å². The Morgan fingerprint density at radius 3 is 2.03 bits per heavy atom. The van der Waals surface area contributed by atoms with Gasteiger partial charge in [0.2, 0.25) is 5.91 Å². The number of carbonyl (C=O) groups excluding carboxylic acids is 1. The molecule has 0 saturated carbocycles. The van der Waals surface area contributed by atoms with Crippen molar-refractivity contribution >= 4 is 12.0 Å². The summed E-state index contributed by atoms with van der Waals surface area (Å²) in [5.41, 5.74) is 0. The summed E-state index contributed by atoms with van der Waals surface area (Å²) in [6.45, 7) is -0.337. The Kier molecular flexibility index (Phi) is 8.10. The normalized spacial score (nSPS) is 42.9. The van der Waals surface area contributed by atoms with Gasteiger partial charge in [-0.2, -0.15) is 0 Å². The Bertz CT molecular complexity index is 580. The van der Waals surface area contributed by atoms with Crippen LogP contribution in [0.5, 0.6) is 0 Å². The molecule has 2 amide bonds. The van der Waals surface area contributed by atoms with E-state index in [2.05, 4.69) is 5.32 Å². The summed E-state index contributed by atoms with van der Waals surface area (Å²) < 4.78 is 16.0. The highest BCUT2D eigenvalue weighted by Crippen LogP contribution is 2.28. The fraction of sp³-hybridized carbons (Fsp3) is 0.867. The molecule has 168 valence electrons. The molecule has 0 aromatic carbocycles. The Morgan fingerprint density at radius 2 is 1.52 bits per heavy atom. The number of carbonyl (C=O) groups is 2. The van der Waals surface area contributed by atoms with Gasteiger partial charge in [0.05, 0.1) is 13.2 Å². The maximum Gasteiger partial charge on any atom is 0.405 e. The smallest absolute Gasteiger partial charge is 0.405 e. The Morgan fingerprint density at radius 1 is 0.897 bits per heavy atom. The van der Waals surface area contributed by atoms with Crippen molar-refractivity contribution in [2.24, 2.45) is 0 Å². The molecule has 0 bridgehead atoms. The molecular formula is C15H26N2O12. The number of aliphatic hydroxyl groups excluding tert-OH is 6. The third-order valence-corrected chi connectivity index (χ3v) is 4.70. The molecule has 2 fully saturated rings. The lowest BCUT2D eigenvalue weighted by Gasteiger charge is -2.47. The van der Waals surface area contributed by atoms with Crippen LogP contribution in [0.4, 0.5) is 4.79 Å². The average Bonchev–Trinajstić information content (AvgIpc) is 2.65. The van der Waals surface area contributed by atoms with Gasteiger partial charge < -0.3 is 60.6 Å². The highest BCUT2D eigenvalue weighted by molar-refractivity contribution is 5.73. The number of carboxylic acid groups (broad SMARTS) is 1. The first-order valence-electron chi connectivity index (χ1n) is 8.77. The number of hydrogen-bond donors (Lipinski definition) is 9. The summed E-state index contributed by atoms with van der Waals surface area (Å²) >= 11 is 0. The van der Waals surface area contributed by atoms with E-state index in [0.717, 1.165) is 6.92 Å². The van der Waals surface area contributed by atoms with E-state index in [1.54, 1.807) is 0 Å². The third-order valence-electron chi connectivity index (χ3n) is 4.70. The molecule has 0 spiro atoms. The first kappa shape index (κ1) is 23.7. The summed E-state index contributed by atoms with van der Waals surface area (Å²) in [7, 11) is 0. The number of nitrogens with one attached hydrogen (secondary N) is 2. The lowest BCUT2D eigenvalue weighted by molar-refractivity contribution is -0.327. The standard InChI is InChI=1S/C15H26N2O12/c1-4(20)16-7-11(23)12(6(3-19)27-13(7)24)29-14-8(17-15(25)26)10(22)9(21)5(2-18)28-14/h5-14,17-19,21-24H,2-3H2,1H3,(H,16,20)(H,25,26). The second-order valence-corrected chi connectivity index (χ2v) is 6.75. The highest BCUT2D eigenvalue weighted by Gasteiger charge is 2.51. The molecule has 2 saturated heterocycles. The number of amides is 2. The summed E-state index contributed by atoms with van der Waals surface area (Å²) in [5, 5.41) is 72.6.